The lowest BCUT2D eigenvalue weighted by atomic mass is 10.1. The normalized spacial score (nSPS) is 11.2. The van der Waals surface area contributed by atoms with Crippen molar-refractivity contribution >= 4 is 16.8 Å². The van der Waals surface area contributed by atoms with E-state index in [1.807, 2.05) is 56.4 Å². The van der Waals surface area contributed by atoms with Crippen molar-refractivity contribution in [1.82, 2.24) is 9.88 Å². The van der Waals surface area contributed by atoms with E-state index in [4.69, 9.17) is 4.74 Å². The number of fused-ring (bicyclic) bond motifs is 1. The molecular weight excluding hydrogens is 324 g/mol. The van der Waals surface area contributed by atoms with Gasteiger partial charge in [-0.2, -0.15) is 0 Å². The van der Waals surface area contributed by atoms with Crippen LogP contribution in [-0.2, 0) is 11.3 Å². The molecule has 0 aliphatic carbocycles. The van der Waals surface area contributed by atoms with Gasteiger partial charge in [0.15, 0.2) is 0 Å². The van der Waals surface area contributed by atoms with Crippen LogP contribution in [0.5, 0.6) is 0 Å². The zero-order chi connectivity index (χ0) is 18.4. The number of rotatable bonds is 8. The minimum Gasteiger partial charge on any atom is -0.379 e. The number of para-hydroxylation sites is 1. The van der Waals surface area contributed by atoms with E-state index >= 15 is 0 Å². The van der Waals surface area contributed by atoms with Crippen LogP contribution in [0.2, 0.25) is 0 Å². The predicted octanol–water partition coefficient (Wildman–Crippen LogP) is 4.23. The molecule has 26 heavy (non-hydrogen) atoms. The van der Waals surface area contributed by atoms with Crippen molar-refractivity contribution in [3.05, 3.63) is 71.9 Å². The number of hydrogen-bond acceptors (Lipinski definition) is 2. The number of ether oxygens (including phenoxy) is 1. The molecule has 1 heterocycles. The Kier molecular flexibility index (Phi) is 6.08. The summed E-state index contributed by atoms with van der Waals surface area (Å²) in [6.45, 7) is 6.05. The lowest BCUT2D eigenvalue weighted by Gasteiger charge is -2.08. The number of nitrogens with zero attached hydrogens (tertiary/aromatic N) is 1. The van der Waals surface area contributed by atoms with Crippen LogP contribution < -0.4 is 5.32 Å². The minimum absolute atomic E-state index is 0.0300. The minimum atomic E-state index is -0.0300. The van der Waals surface area contributed by atoms with E-state index in [9.17, 15) is 4.79 Å². The smallest absolute Gasteiger partial charge is 0.253 e. The second-order valence-corrected chi connectivity index (χ2v) is 6.70. The topological polar surface area (TPSA) is 43.3 Å². The second kappa shape index (κ2) is 8.68. The summed E-state index contributed by atoms with van der Waals surface area (Å²) in [6, 6.07) is 18.3. The molecule has 0 aliphatic heterocycles. The van der Waals surface area contributed by atoms with Crippen LogP contribution in [0.4, 0.5) is 0 Å². The number of hydrogen-bond donors (Lipinski definition) is 1. The van der Waals surface area contributed by atoms with Crippen LogP contribution in [0.15, 0.2) is 60.8 Å². The average molecular weight is 350 g/mol. The Hall–Kier alpha value is -2.59. The average Bonchev–Trinajstić information content (AvgIpc) is 3.01. The molecule has 0 radical (unpaired) electrons. The quantitative estimate of drug-likeness (QED) is 0.618. The number of nitrogens with one attached hydrogen (secondary N) is 1. The van der Waals surface area contributed by atoms with Gasteiger partial charge in [0, 0.05) is 36.8 Å². The molecule has 4 heteroatoms. The van der Waals surface area contributed by atoms with Gasteiger partial charge in [-0.15, -0.1) is 0 Å². The molecule has 136 valence electrons. The first-order valence-electron chi connectivity index (χ1n) is 9.17. The molecule has 0 fully saturated rings. The van der Waals surface area contributed by atoms with Crippen molar-refractivity contribution in [3.63, 3.8) is 0 Å². The maximum absolute atomic E-state index is 12.7. The van der Waals surface area contributed by atoms with Gasteiger partial charge in [-0.25, -0.2) is 0 Å². The fourth-order valence-electron chi connectivity index (χ4n) is 3.03. The molecule has 0 unspecified atom stereocenters. The molecule has 0 atom stereocenters. The maximum atomic E-state index is 12.7. The summed E-state index contributed by atoms with van der Waals surface area (Å²) in [5.41, 5.74) is 3.01. The summed E-state index contributed by atoms with van der Waals surface area (Å²) >= 11 is 0. The van der Waals surface area contributed by atoms with E-state index in [1.54, 1.807) is 0 Å². The largest absolute Gasteiger partial charge is 0.379 e. The summed E-state index contributed by atoms with van der Waals surface area (Å²) in [4.78, 5) is 12.7. The molecule has 2 aromatic carbocycles. The van der Waals surface area contributed by atoms with E-state index in [-0.39, 0.29) is 12.0 Å². The van der Waals surface area contributed by atoms with Crippen molar-refractivity contribution in [1.29, 1.82) is 0 Å². The molecule has 0 bridgehead atoms. The van der Waals surface area contributed by atoms with Gasteiger partial charge in [-0.05, 0) is 31.9 Å². The molecule has 4 nitrogen and oxygen atoms in total. The van der Waals surface area contributed by atoms with Crippen LogP contribution in [0.25, 0.3) is 10.9 Å². The fraction of sp³-hybridized carbons (Fsp3) is 0.318. The number of carbonyl (C=O) groups is 1. The van der Waals surface area contributed by atoms with Crippen LogP contribution in [0, 0.1) is 0 Å². The third-order valence-electron chi connectivity index (χ3n) is 4.29. The molecule has 3 aromatic rings. The number of aromatic nitrogens is 1. The monoisotopic (exact) mass is 350 g/mol. The molecule has 3 rings (SSSR count). The zero-order valence-electron chi connectivity index (χ0n) is 15.4. The highest BCUT2D eigenvalue weighted by Crippen LogP contribution is 2.22. The third-order valence-corrected chi connectivity index (χ3v) is 4.29. The van der Waals surface area contributed by atoms with Crippen LogP contribution in [0.1, 0.15) is 36.2 Å². The van der Waals surface area contributed by atoms with E-state index < -0.39 is 0 Å². The van der Waals surface area contributed by atoms with Gasteiger partial charge in [0.25, 0.3) is 5.91 Å². The summed E-state index contributed by atoms with van der Waals surface area (Å²) in [5, 5.41) is 4.00. The highest BCUT2D eigenvalue weighted by Gasteiger charge is 2.14. The first-order chi connectivity index (χ1) is 12.6. The highest BCUT2D eigenvalue weighted by atomic mass is 16.5. The highest BCUT2D eigenvalue weighted by molar-refractivity contribution is 6.07. The maximum Gasteiger partial charge on any atom is 0.253 e. The third kappa shape index (κ3) is 4.52. The SMILES string of the molecule is CC(C)OCCCNC(=O)c1cn(Cc2ccccc2)c2ccccc12. The Morgan fingerprint density at radius 3 is 2.58 bits per heavy atom. The lowest BCUT2D eigenvalue weighted by molar-refractivity contribution is 0.0757. The zero-order valence-corrected chi connectivity index (χ0v) is 15.4. The van der Waals surface area contributed by atoms with Gasteiger partial charge >= 0.3 is 0 Å². The van der Waals surface area contributed by atoms with Crippen LogP contribution in [0.3, 0.4) is 0 Å². The van der Waals surface area contributed by atoms with Gasteiger partial charge in [-0.1, -0.05) is 48.5 Å². The van der Waals surface area contributed by atoms with Crippen molar-refractivity contribution in [2.24, 2.45) is 0 Å². The van der Waals surface area contributed by atoms with Gasteiger partial charge in [-0.3, -0.25) is 4.79 Å². The molecule has 1 N–H and O–H groups in total. The van der Waals surface area contributed by atoms with Crippen molar-refractivity contribution < 1.29 is 9.53 Å². The Labute approximate surface area is 154 Å². The molecule has 1 amide bonds. The van der Waals surface area contributed by atoms with Crippen LogP contribution in [-0.4, -0.2) is 29.7 Å². The van der Waals surface area contributed by atoms with E-state index in [2.05, 4.69) is 28.1 Å². The molecule has 0 spiro atoms. The second-order valence-electron chi connectivity index (χ2n) is 6.70. The molecule has 1 aromatic heterocycles. The summed E-state index contributed by atoms with van der Waals surface area (Å²) in [7, 11) is 0. The van der Waals surface area contributed by atoms with Crippen molar-refractivity contribution in [2.45, 2.75) is 32.9 Å². The molecule has 0 aliphatic rings. The number of benzene rings is 2. The molecule has 0 saturated heterocycles. The van der Waals surface area contributed by atoms with E-state index in [1.165, 1.54) is 5.56 Å². The Morgan fingerprint density at radius 2 is 1.81 bits per heavy atom. The van der Waals surface area contributed by atoms with Crippen molar-refractivity contribution in [3.8, 4) is 0 Å². The predicted molar refractivity (Wildman–Crippen MR) is 106 cm³/mol. The first-order valence-corrected chi connectivity index (χ1v) is 9.17. The van der Waals surface area contributed by atoms with Gasteiger partial charge in [0.1, 0.15) is 0 Å². The van der Waals surface area contributed by atoms with Gasteiger partial charge in [0.2, 0.25) is 0 Å². The number of carbonyl (C=O) groups excluding carboxylic acids is 1. The van der Waals surface area contributed by atoms with E-state index in [0.717, 1.165) is 29.4 Å². The Bertz CT molecular complexity index is 853. The van der Waals surface area contributed by atoms with Crippen molar-refractivity contribution in [2.75, 3.05) is 13.2 Å². The Balaban J connectivity index is 1.73. The van der Waals surface area contributed by atoms with Gasteiger partial charge in [0.05, 0.1) is 11.7 Å². The fourth-order valence-corrected chi connectivity index (χ4v) is 3.03. The van der Waals surface area contributed by atoms with Gasteiger partial charge < -0.3 is 14.6 Å². The van der Waals surface area contributed by atoms with Crippen LogP contribution >= 0.6 is 0 Å². The van der Waals surface area contributed by atoms with E-state index in [0.29, 0.717) is 13.2 Å². The first kappa shape index (κ1) is 18.2. The molecular formula is C22H26N2O2. The molecule has 0 saturated carbocycles. The number of amides is 1. The summed E-state index contributed by atoms with van der Waals surface area (Å²) in [6.07, 6.45) is 2.99. The Morgan fingerprint density at radius 1 is 1.08 bits per heavy atom. The summed E-state index contributed by atoms with van der Waals surface area (Å²) < 4.78 is 7.66. The lowest BCUT2D eigenvalue weighted by Crippen LogP contribution is -2.25. The summed E-state index contributed by atoms with van der Waals surface area (Å²) in [5.74, 6) is -0.0300. The standard InChI is InChI=1S/C22H26N2O2/c1-17(2)26-14-8-13-23-22(25)20-16-24(15-18-9-4-3-5-10-18)21-12-7-6-11-19(20)21/h3-7,9-12,16-17H,8,13-15H2,1-2H3,(H,23,25).